The Labute approximate surface area is 166 Å². The van der Waals surface area contributed by atoms with Gasteiger partial charge in [0.15, 0.2) is 0 Å². The number of unbranched alkanes of at least 4 members (excludes halogenated alkanes) is 2. The van der Waals surface area contributed by atoms with Crippen molar-refractivity contribution in [2.24, 2.45) is 23.2 Å². The summed E-state index contributed by atoms with van der Waals surface area (Å²) in [7, 11) is 0. The van der Waals surface area contributed by atoms with Gasteiger partial charge in [0, 0.05) is 23.6 Å². The summed E-state index contributed by atoms with van der Waals surface area (Å²) in [5.41, 5.74) is 1.70. The molecule has 0 radical (unpaired) electrons. The topological polar surface area (TPSA) is 37.3 Å². The predicted octanol–water partition coefficient (Wildman–Crippen LogP) is 5.79. The Bertz CT molecular complexity index is 720. The van der Waals surface area contributed by atoms with E-state index in [1.165, 1.54) is 0 Å². The highest BCUT2D eigenvalue weighted by Crippen LogP contribution is 2.62. The van der Waals surface area contributed by atoms with Crippen LogP contribution in [0.3, 0.4) is 0 Å². The molecule has 1 aromatic rings. The van der Waals surface area contributed by atoms with Crippen molar-refractivity contribution in [2.75, 3.05) is 5.88 Å². The van der Waals surface area contributed by atoms with Crippen molar-refractivity contribution >= 4 is 17.4 Å². The number of hydrogen-bond acceptors (Lipinski definition) is 2. The number of rotatable bonds is 5. The van der Waals surface area contributed by atoms with E-state index >= 15 is 4.39 Å². The second-order valence-corrected chi connectivity index (χ2v) is 9.57. The van der Waals surface area contributed by atoms with Crippen LogP contribution < -0.4 is 0 Å². The van der Waals surface area contributed by atoms with Crippen LogP contribution in [0.4, 0.5) is 4.39 Å². The predicted molar refractivity (Wildman–Crippen MR) is 106 cm³/mol. The fourth-order valence-electron chi connectivity index (χ4n) is 6.51. The maximum Gasteiger partial charge on any atom is 0.139 e. The smallest absolute Gasteiger partial charge is 0.139 e. The van der Waals surface area contributed by atoms with Gasteiger partial charge >= 0.3 is 0 Å². The molecular weight excluding hydrogens is 363 g/mol. The van der Waals surface area contributed by atoms with Gasteiger partial charge in [-0.25, -0.2) is 4.39 Å². The van der Waals surface area contributed by atoms with Crippen LogP contribution in [-0.4, -0.2) is 22.9 Å². The minimum absolute atomic E-state index is 0.128. The first-order chi connectivity index (χ1) is 13.0. The first-order valence-corrected chi connectivity index (χ1v) is 11.0. The van der Waals surface area contributed by atoms with Gasteiger partial charge in [-0.3, -0.25) is 4.79 Å². The van der Waals surface area contributed by atoms with Crippen molar-refractivity contribution in [3.8, 4) is 5.75 Å². The Morgan fingerprint density at radius 2 is 2.11 bits per heavy atom. The van der Waals surface area contributed by atoms with E-state index in [2.05, 4.69) is 0 Å². The van der Waals surface area contributed by atoms with E-state index in [0.717, 1.165) is 49.7 Å². The molecule has 0 unspecified atom stereocenters. The second kappa shape index (κ2) is 7.39. The summed E-state index contributed by atoms with van der Waals surface area (Å²) in [5, 5.41) is 9.96. The van der Waals surface area contributed by atoms with Crippen molar-refractivity contribution in [3.63, 3.8) is 0 Å². The Morgan fingerprint density at radius 1 is 1.30 bits per heavy atom. The number of aromatic hydroxyl groups is 1. The van der Waals surface area contributed by atoms with Crippen LogP contribution in [0.5, 0.6) is 5.75 Å². The van der Waals surface area contributed by atoms with Gasteiger partial charge in [-0.05, 0) is 73.1 Å². The molecule has 4 heteroatoms. The quantitative estimate of drug-likeness (QED) is 0.508. The van der Waals surface area contributed by atoms with E-state index in [-0.39, 0.29) is 23.4 Å². The maximum atomic E-state index is 15.5. The summed E-state index contributed by atoms with van der Waals surface area (Å²) in [6.45, 7) is 2.02. The standard InChI is InChI=1S/C23H30ClFO2/c1-23-13-19(25)22-17-7-6-16(26)12-15(17)11-14(5-3-2-4-10-24)21(22)18(23)8-9-20(23)27/h6-7,12,14,18-19,21-22,26H,2-5,8-11,13H2,1H3/t14-,18+,19+,21+,22+,23+/m1/s1. The van der Waals surface area contributed by atoms with Gasteiger partial charge in [-0.15, -0.1) is 11.6 Å². The first kappa shape index (κ1) is 19.2. The largest absolute Gasteiger partial charge is 0.508 e. The highest BCUT2D eigenvalue weighted by atomic mass is 35.5. The average Bonchev–Trinajstić information content (AvgIpc) is 2.92. The molecule has 0 saturated heterocycles. The number of benzene rings is 1. The lowest BCUT2D eigenvalue weighted by atomic mass is 9.51. The minimum atomic E-state index is -0.979. The number of alkyl halides is 2. The zero-order valence-electron chi connectivity index (χ0n) is 16.1. The van der Waals surface area contributed by atoms with Crippen LogP contribution in [0.2, 0.25) is 0 Å². The highest BCUT2D eigenvalue weighted by molar-refractivity contribution is 6.17. The van der Waals surface area contributed by atoms with Crippen LogP contribution in [0.15, 0.2) is 18.2 Å². The summed E-state index contributed by atoms with van der Waals surface area (Å²) >= 11 is 5.83. The summed E-state index contributed by atoms with van der Waals surface area (Å²) in [6.07, 6.45) is 6.06. The third-order valence-corrected chi connectivity index (χ3v) is 8.01. The number of hydrogen-bond donors (Lipinski definition) is 1. The van der Waals surface area contributed by atoms with Gasteiger partial charge < -0.3 is 5.11 Å². The summed E-state index contributed by atoms with van der Waals surface area (Å²) in [5.74, 6) is 2.01. The summed E-state index contributed by atoms with van der Waals surface area (Å²) in [6, 6.07) is 5.45. The first-order valence-electron chi connectivity index (χ1n) is 10.5. The molecule has 4 rings (SSSR count). The molecule has 0 heterocycles. The van der Waals surface area contributed by atoms with Gasteiger partial charge in [0.25, 0.3) is 0 Å². The van der Waals surface area contributed by atoms with Crippen molar-refractivity contribution in [1.82, 2.24) is 0 Å². The zero-order chi connectivity index (χ0) is 19.2. The lowest BCUT2D eigenvalue weighted by molar-refractivity contribution is -0.132. The molecule has 0 spiro atoms. The number of Topliss-reactive ketones (excluding diaryl/α,β-unsaturated/α-hetero) is 1. The number of carbonyl (C=O) groups excluding carboxylic acids is 1. The molecular formula is C23H30ClFO2. The monoisotopic (exact) mass is 392 g/mol. The number of phenolic OH excluding ortho intramolecular Hbond substituents is 1. The Morgan fingerprint density at radius 3 is 2.89 bits per heavy atom. The third-order valence-electron chi connectivity index (χ3n) is 7.75. The molecule has 0 amide bonds. The molecule has 2 fully saturated rings. The molecule has 0 bridgehead atoms. The molecule has 2 nitrogen and oxygen atoms in total. The molecule has 27 heavy (non-hydrogen) atoms. The van der Waals surface area contributed by atoms with Crippen molar-refractivity contribution < 1.29 is 14.3 Å². The zero-order valence-corrected chi connectivity index (χ0v) is 16.9. The molecule has 3 aliphatic rings. The number of fused-ring (bicyclic) bond motifs is 5. The van der Waals surface area contributed by atoms with Crippen LogP contribution in [-0.2, 0) is 11.2 Å². The Hall–Kier alpha value is -1.09. The summed E-state index contributed by atoms with van der Waals surface area (Å²) in [4.78, 5) is 12.6. The maximum absolute atomic E-state index is 15.5. The Balaban J connectivity index is 1.70. The number of ketones is 1. The van der Waals surface area contributed by atoms with Gasteiger partial charge in [0.2, 0.25) is 0 Å². The van der Waals surface area contributed by atoms with E-state index in [1.54, 1.807) is 6.07 Å². The summed E-state index contributed by atoms with van der Waals surface area (Å²) < 4.78 is 15.5. The third kappa shape index (κ3) is 3.20. The van der Waals surface area contributed by atoms with Crippen LogP contribution >= 0.6 is 11.6 Å². The Kier molecular flexibility index (Phi) is 5.26. The molecule has 6 atom stereocenters. The molecule has 2 saturated carbocycles. The second-order valence-electron chi connectivity index (χ2n) is 9.19. The van der Waals surface area contributed by atoms with Gasteiger partial charge in [-0.1, -0.05) is 25.8 Å². The van der Waals surface area contributed by atoms with Crippen molar-refractivity contribution in [2.45, 2.75) is 70.4 Å². The van der Waals surface area contributed by atoms with E-state index in [1.807, 2.05) is 19.1 Å². The number of phenols is 1. The molecule has 1 aromatic carbocycles. The number of carbonyl (C=O) groups is 1. The fraction of sp³-hybridized carbons (Fsp3) is 0.696. The van der Waals surface area contributed by atoms with E-state index < -0.39 is 11.6 Å². The minimum Gasteiger partial charge on any atom is -0.508 e. The van der Waals surface area contributed by atoms with Crippen LogP contribution in [0, 0.1) is 23.2 Å². The van der Waals surface area contributed by atoms with E-state index in [0.29, 0.717) is 30.6 Å². The van der Waals surface area contributed by atoms with Crippen LogP contribution in [0.1, 0.15) is 68.9 Å². The lowest BCUT2D eigenvalue weighted by Crippen LogP contribution is -2.50. The van der Waals surface area contributed by atoms with Crippen LogP contribution in [0.25, 0.3) is 0 Å². The molecule has 3 aliphatic carbocycles. The highest BCUT2D eigenvalue weighted by Gasteiger charge is 2.60. The van der Waals surface area contributed by atoms with Crippen molar-refractivity contribution in [1.29, 1.82) is 0 Å². The normalized spacial score (nSPS) is 37.6. The molecule has 0 aliphatic heterocycles. The number of halogens is 2. The molecule has 0 aromatic heterocycles. The SMILES string of the molecule is C[C@]12C[C@H](F)[C@@H]3c4ccc(O)cc4C[C@@H](CCCCCCl)[C@H]3[C@@H]1CCC2=O. The lowest BCUT2D eigenvalue weighted by Gasteiger charge is -2.53. The fourth-order valence-corrected chi connectivity index (χ4v) is 6.70. The molecule has 1 N–H and O–H groups in total. The van der Waals surface area contributed by atoms with Gasteiger partial charge in [0.1, 0.15) is 17.7 Å². The van der Waals surface area contributed by atoms with E-state index in [4.69, 9.17) is 11.6 Å². The van der Waals surface area contributed by atoms with Gasteiger partial charge in [-0.2, -0.15) is 0 Å². The average molecular weight is 393 g/mol. The van der Waals surface area contributed by atoms with E-state index in [9.17, 15) is 9.90 Å². The van der Waals surface area contributed by atoms with Gasteiger partial charge in [0.05, 0.1) is 0 Å². The molecule has 148 valence electrons. The van der Waals surface area contributed by atoms with Crippen molar-refractivity contribution in [3.05, 3.63) is 29.3 Å².